The summed E-state index contributed by atoms with van der Waals surface area (Å²) in [4.78, 5) is 24.1. The molecule has 0 unspecified atom stereocenters. The van der Waals surface area contributed by atoms with E-state index in [-0.39, 0.29) is 11.5 Å². The van der Waals surface area contributed by atoms with Gasteiger partial charge in [-0.1, -0.05) is 0 Å². The van der Waals surface area contributed by atoms with Crippen LogP contribution in [0.1, 0.15) is 23.2 Å². The van der Waals surface area contributed by atoms with E-state index in [1.165, 1.54) is 12.1 Å². The third-order valence-corrected chi connectivity index (χ3v) is 3.41. The van der Waals surface area contributed by atoms with E-state index in [4.69, 9.17) is 10.8 Å². The summed E-state index contributed by atoms with van der Waals surface area (Å²) in [6, 6.07) is 3.89. The normalized spacial score (nSPS) is 16.4. The van der Waals surface area contributed by atoms with Crippen LogP contribution in [-0.2, 0) is 4.79 Å². The van der Waals surface area contributed by atoms with Crippen molar-refractivity contribution in [3.05, 3.63) is 29.6 Å². The second-order valence-electron chi connectivity index (χ2n) is 4.63. The summed E-state index contributed by atoms with van der Waals surface area (Å²) in [5.41, 5.74) is 5.94. The summed E-state index contributed by atoms with van der Waals surface area (Å²) >= 11 is 0. The summed E-state index contributed by atoms with van der Waals surface area (Å²) in [5, 5.41) is 8.93. The highest BCUT2D eigenvalue weighted by Crippen LogP contribution is 2.27. The molecule has 0 bridgehead atoms. The molecule has 6 heteroatoms. The van der Waals surface area contributed by atoms with Crippen molar-refractivity contribution < 1.29 is 19.1 Å². The zero-order valence-electron chi connectivity index (χ0n) is 10.3. The number of amides is 1. The number of benzene rings is 1. The molecule has 3 N–H and O–H groups in total. The van der Waals surface area contributed by atoms with E-state index in [0.29, 0.717) is 31.6 Å². The number of nitrogens with zero attached hydrogens (tertiary/aromatic N) is 1. The maximum atomic E-state index is 13.1. The Hall–Kier alpha value is -2.11. The van der Waals surface area contributed by atoms with Crippen molar-refractivity contribution in [3.8, 4) is 0 Å². The first-order valence-electron chi connectivity index (χ1n) is 6.06. The van der Waals surface area contributed by atoms with Crippen molar-refractivity contribution in [2.75, 3.05) is 18.0 Å². The van der Waals surface area contributed by atoms with Crippen LogP contribution in [0.2, 0.25) is 0 Å². The Labute approximate surface area is 109 Å². The van der Waals surface area contributed by atoms with Crippen molar-refractivity contribution in [3.63, 3.8) is 0 Å². The Morgan fingerprint density at radius 3 is 2.47 bits per heavy atom. The molecule has 1 aromatic carbocycles. The number of anilines is 1. The van der Waals surface area contributed by atoms with Crippen LogP contribution in [0.15, 0.2) is 18.2 Å². The lowest BCUT2D eigenvalue weighted by atomic mass is 9.96. The van der Waals surface area contributed by atoms with E-state index >= 15 is 0 Å². The van der Waals surface area contributed by atoms with Crippen LogP contribution in [0.4, 0.5) is 10.1 Å². The maximum absolute atomic E-state index is 13.1. The number of rotatable bonds is 3. The average molecular weight is 266 g/mol. The van der Waals surface area contributed by atoms with Crippen LogP contribution in [-0.4, -0.2) is 30.1 Å². The van der Waals surface area contributed by atoms with Gasteiger partial charge in [-0.15, -0.1) is 0 Å². The molecule has 1 fully saturated rings. The van der Waals surface area contributed by atoms with Gasteiger partial charge in [0, 0.05) is 18.8 Å². The predicted octanol–water partition coefficient (Wildman–Crippen LogP) is 1.23. The summed E-state index contributed by atoms with van der Waals surface area (Å²) < 4.78 is 13.1. The fraction of sp³-hybridized carbons (Fsp3) is 0.385. The molecule has 0 aromatic heterocycles. The molecular formula is C13H15FN2O3. The summed E-state index contributed by atoms with van der Waals surface area (Å²) in [7, 11) is 0. The number of carboxylic acids is 1. The van der Waals surface area contributed by atoms with E-state index in [0.717, 1.165) is 6.07 Å². The SMILES string of the molecule is NC(=O)c1cc(F)ccc1N1CCC(C(=O)O)CC1. The Morgan fingerprint density at radius 1 is 1.32 bits per heavy atom. The smallest absolute Gasteiger partial charge is 0.306 e. The zero-order valence-corrected chi connectivity index (χ0v) is 10.3. The topological polar surface area (TPSA) is 83.6 Å². The van der Waals surface area contributed by atoms with Crippen molar-refractivity contribution >= 4 is 17.6 Å². The van der Waals surface area contributed by atoms with Crippen molar-refractivity contribution in [1.82, 2.24) is 0 Å². The van der Waals surface area contributed by atoms with Crippen molar-refractivity contribution in [1.29, 1.82) is 0 Å². The van der Waals surface area contributed by atoms with Gasteiger partial charge in [-0.25, -0.2) is 4.39 Å². The standard InChI is InChI=1S/C13H15FN2O3/c14-9-1-2-11(10(7-9)12(15)17)16-5-3-8(4-6-16)13(18)19/h1-2,7-8H,3-6H2,(H2,15,17)(H,18,19). The van der Waals surface area contributed by atoms with Gasteiger partial charge in [-0.3, -0.25) is 9.59 Å². The van der Waals surface area contributed by atoms with Crippen molar-refractivity contribution in [2.45, 2.75) is 12.8 Å². The van der Waals surface area contributed by atoms with Gasteiger partial charge in [0.2, 0.25) is 0 Å². The lowest BCUT2D eigenvalue weighted by molar-refractivity contribution is -0.142. The molecule has 0 saturated carbocycles. The predicted molar refractivity (Wildman–Crippen MR) is 67.5 cm³/mol. The first-order chi connectivity index (χ1) is 8.99. The van der Waals surface area contributed by atoms with E-state index < -0.39 is 17.7 Å². The summed E-state index contributed by atoms with van der Waals surface area (Å²) in [6.07, 6.45) is 1.01. The van der Waals surface area contributed by atoms with Crippen LogP contribution in [0.5, 0.6) is 0 Å². The second kappa shape index (κ2) is 5.26. The first-order valence-corrected chi connectivity index (χ1v) is 6.06. The number of hydrogen-bond acceptors (Lipinski definition) is 3. The van der Waals surface area contributed by atoms with Gasteiger partial charge in [-0.2, -0.15) is 0 Å². The number of carbonyl (C=O) groups is 2. The van der Waals surface area contributed by atoms with Gasteiger partial charge >= 0.3 is 5.97 Å². The van der Waals surface area contributed by atoms with Gasteiger partial charge in [-0.05, 0) is 31.0 Å². The molecule has 0 aliphatic carbocycles. The Morgan fingerprint density at radius 2 is 1.95 bits per heavy atom. The molecule has 1 aromatic rings. The van der Waals surface area contributed by atoms with Gasteiger partial charge in [0.25, 0.3) is 5.91 Å². The zero-order chi connectivity index (χ0) is 14.0. The lowest BCUT2D eigenvalue weighted by Crippen LogP contribution is -2.37. The number of halogens is 1. The number of aliphatic carboxylic acids is 1. The van der Waals surface area contributed by atoms with Crippen LogP contribution < -0.4 is 10.6 Å². The molecule has 1 heterocycles. The number of primary amides is 1. The molecule has 19 heavy (non-hydrogen) atoms. The van der Waals surface area contributed by atoms with Crippen LogP contribution >= 0.6 is 0 Å². The lowest BCUT2D eigenvalue weighted by Gasteiger charge is -2.32. The highest BCUT2D eigenvalue weighted by atomic mass is 19.1. The Balaban J connectivity index is 2.20. The molecule has 102 valence electrons. The van der Waals surface area contributed by atoms with Gasteiger partial charge in [0.15, 0.2) is 0 Å². The van der Waals surface area contributed by atoms with E-state index in [1.54, 1.807) is 0 Å². The Kier molecular flexibility index (Phi) is 3.69. The largest absolute Gasteiger partial charge is 0.481 e. The van der Waals surface area contributed by atoms with Crippen molar-refractivity contribution in [2.24, 2.45) is 11.7 Å². The molecule has 0 spiro atoms. The third kappa shape index (κ3) is 2.83. The number of carboxylic acid groups (broad SMARTS) is 1. The number of hydrogen-bond donors (Lipinski definition) is 2. The molecule has 2 rings (SSSR count). The minimum atomic E-state index is -0.797. The van der Waals surface area contributed by atoms with Gasteiger partial charge < -0.3 is 15.7 Å². The Bertz CT molecular complexity index is 511. The minimum Gasteiger partial charge on any atom is -0.481 e. The number of nitrogens with two attached hydrogens (primary N) is 1. The van der Waals surface area contributed by atoms with Gasteiger partial charge in [0.1, 0.15) is 5.82 Å². The monoisotopic (exact) mass is 266 g/mol. The molecule has 1 aliphatic rings. The highest BCUT2D eigenvalue weighted by molar-refractivity contribution is 5.98. The van der Waals surface area contributed by atoms with Crippen LogP contribution in [0, 0.1) is 11.7 Å². The molecule has 0 atom stereocenters. The molecule has 0 radical (unpaired) electrons. The van der Waals surface area contributed by atoms with E-state index in [2.05, 4.69) is 0 Å². The van der Waals surface area contributed by atoms with Gasteiger partial charge in [0.05, 0.1) is 11.5 Å². The molecule has 1 aliphatic heterocycles. The second-order valence-corrected chi connectivity index (χ2v) is 4.63. The molecule has 1 saturated heterocycles. The highest BCUT2D eigenvalue weighted by Gasteiger charge is 2.26. The molecular weight excluding hydrogens is 251 g/mol. The molecule has 1 amide bonds. The first kappa shape index (κ1) is 13.3. The quantitative estimate of drug-likeness (QED) is 0.861. The van der Waals surface area contributed by atoms with Crippen LogP contribution in [0.3, 0.4) is 0 Å². The maximum Gasteiger partial charge on any atom is 0.306 e. The molecule has 5 nitrogen and oxygen atoms in total. The van der Waals surface area contributed by atoms with Crippen LogP contribution in [0.25, 0.3) is 0 Å². The number of piperidine rings is 1. The summed E-state index contributed by atoms with van der Waals surface area (Å²) in [5.74, 6) is -2.35. The fourth-order valence-corrected chi connectivity index (χ4v) is 2.35. The third-order valence-electron chi connectivity index (χ3n) is 3.41. The van der Waals surface area contributed by atoms with E-state index in [1.807, 2.05) is 4.90 Å². The average Bonchev–Trinajstić information content (AvgIpc) is 2.38. The fourth-order valence-electron chi connectivity index (χ4n) is 2.35. The minimum absolute atomic E-state index is 0.133. The van der Waals surface area contributed by atoms with E-state index in [9.17, 15) is 14.0 Å². The number of carbonyl (C=O) groups excluding carboxylic acids is 1. The summed E-state index contributed by atoms with van der Waals surface area (Å²) in [6.45, 7) is 1.03.